The lowest BCUT2D eigenvalue weighted by atomic mass is 10.1. The molecule has 0 aliphatic rings. The highest BCUT2D eigenvalue weighted by Crippen LogP contribution is 2.07. The molecule has 0 atom stereocenters. The summed E-state index contributed by atoms with van der Waals surface area (Å²) in [5.74, 6) is -4.97. The van der Waals surface area contributed by atoms with E-state index in [0.717, 1.165) is 0 Å². The Hall–Kier alpha value is -3.42. The van der Waals surface area contributed by atoms with Crippen molar-refractivity contribution in [2.45, 2.75) is 6.92 Å². The molecule has 8 heteroatoms. The lowest BCUT2D eigenvalue weighted by Crippen LogP contribution is -2.06. The van der Waals surface area contributed by atoms with Crippen molar-refractivity contribution in [1.29, 1.82) is 0 Å². The minimum absolute atomic E-state index is 0.190. The summed E-state index contributed by atoms with van der Waals surface area (Å²) in [6.45, 7) is 5.25. The van der Waals surface area contributed by atoms with Gasteiger partial charge in [0, 0.05) is 12.2 Å². The number of rotatable bonds is 4. The summed E-state index contributed by atoms with van der Waals surface area (Å²) in [5, 5.41) is 32.7. The number of aliphatic carboxylic acids is 2. The van der Waals surface area contributed by atoms with Gasteiger partial charge >= 0.3 is 23.9 Å². The van der Waals surface area contributed by atoms with E-state index < -0.39 is 23.9 Å². The summed E-state index contributed by atoms with van der Waals surface area (Å²) in [6, 6.07) is 5.48. The first kappa shape index (κ1) is 21.9. The van der Waals surface area contributed by atoms with Gasteiger partial charge in [-0.25, -0.2) is 19.2 Å². The molecule has 1 aromatic rings. The highest BCUT2D eigenvalue weighted by Gasteiger charge is 2.13. The van der Waals surface area contributed by atoms with Gasteiger partial charge in [0.2, 0.25) is 0 Å². The van der Waals surface area contributed by atoms with Crippen LogP contribution in [-0.2, 0) is 9.59 Å². The van der Waals surface area contributed by atoms with Crippen molar-refractivity contribution in [2.75, 3.05) is 0 Å². The van der Waals surface area contributed by atoms with Crippen LogP contribution in [0.2, 0.25) is 0 Å². The van der Waals surface area contributed by atoms with Gasteiger partial charge in [0.25, 0.3) is 0 Å². The van der Waals surface area contributed by atoms with Gasteiger partial charge in [-0.05, 0) is 19.1 Å². The minimum atomic E-state index is -1.26. The Morgan fingerprint density at radius 3 is 1.26 bits per heavy atom. The van der Waals surface area contributed by atoms with Crippen molar-refractivity contribution in [2.24, 2.45) is 0 Å². The second-order valence-corrected chi connectivity index (χ2v) is 3.57. The van der Waals surface area contributed by atoms with Gasteiger partial charge in [-0.2, -0.15) is 0 Å². The van der Waals surface area contributed by atoms with E-state index in [9.17, 15) is 19.2 Å². The van der Waals surface area contributed by atoms with E-state index in [2.05, 4.69) is 6.58 Å². The average molecular weight is 324 g/mol. The predicted octanol–water partition coefficient (Wildman–Crippen LogP) is 1.99. The second-order valence-electron chi connectivity index (χ2n) is 3.57. The van der Waals surface area contributed by atoms with Crippen LogP contribution in [0.3, 0.4) is 0 Å². The van der Waals surface area contributed by atoms with Gasteiger partial charge in [-0.15, -0.1) is 6.58 Å². The van der Waals surface area contributed by atoms with E-state index in [4.69, 9.17) is 20.4 Å². The molecule has 0 aliphatic heterocycles. The monoisotopic (exact) mass is 324 g/mol. The van der Waals surface area contributed by atoms with Crippen molar-refractivity contribution >= 4 is 23.9 Å². The number of benzene rings is 1. The van der Waals surface area contributed by atoms with Gasteiger partial charge < -0.3 is 20.4 Å². The molecular weight excluding hydrogens is 308 g/mol. The van der Waals surface area contributed by atoms with Gasteiger partial charge in [0.05, 0.1) is 11.1 Å². The van der Waals surface area contributed by atoms with E-state index in [0.29, 0.717) is 12.2 Å². The molecule has 0 amide bonds. The third-order valence-electron chi connectivity index (χ3n) is 1.76. The Balaban J connectivity index is 0. The van der Waals surface area contributed by atoms with Crippen molar-refractivity contribution in [1.82, 2.24) is 0 Å². The van der Waals surface area contributed by atoms with Crippen LogP contribution in [0.4, 0.5) is 0 Å². The fourth-order valence-corrected chi connectivity index (χ4v) is 0.999. The third-order valence-corrected chi connectivity index (χ3v) is 1.76. The van der Waals surface area contributed by atoms with E-state index in [1.54, 1.807) is 6.08 Å². The zero-order chi connectivity index (χ0) is 18.4. The Bertz CT molecular complexity index is 552. The van der Waals surface area contributed by atoms with Crippen LogP contribution < -0.4 is 0 Å². The standard InChI is InChI=1S/C8H6O4.C4H4O4.C3H6/c9-7(10)5-3-1-2-4-6(5)8(11)12;5-3(6)1-2-4(7)8;1-3-2/h1-4H,(H,9,10)(H,11,12);1-2H,(H,5,6)(H,7,8);3H,1H2,2H3. The third kappa shape index (κ3) is 12.1. The number of allylic oxidation sites excluding steroid dienone is 1. The first-order chi connectivity index (χ1) is 10.7. The van der Waals surface area contributed by atoms with Gasteiger partial charge in [-0.3, -0.25) is 0 Å². The molecule has 0 saturated heterocycles. The first-order valence-electron chi connectivity index (χ1n) is 5.93. The largest absolute Gasteiger partial charge is 0.478 e. The van der Waals surface area contributed by atoms with Crippen LogP contribution in [-0.4, -0.2) is 44.3 Å². The highest BCUT2D eigenvalue weighted by atomic mass is 16.4. The molecule has 0 bridgehead atoms. The summed E-state index contributed by atoms with van der Waals surface area (Å²) in [4.78, 5) is 40.0. The quantitative estimate of drug-likeness (QED) is 0.485. The van der Waals surface area contributed by atoms with Crippen molar-refractivity contribution in [3.05, 3.63) is 60.2 Å². The molecule has 0 saturated carbocycles. The summed E-state index contributed by atoms with van der Waals surface area (Å²) >= 11 is 0. The Morgan fingerprint density at radius 1 is 0.826 bits per heavy atom. The molecule has 4 N–H and O–H groups in total. The maximum Gasteiger partial charge on any atom is 0.336 e. The first-order valence-corrected chi connectivity index (χ1v) is 5.93. The predicted molar refractivity (Wildman–Crippen MR) is 80.6 cm³/mol. The molecule has 23 heavy (non-hydrogen) atoms. The van der Waals surface area contributed by atoms with Gasteiger partial charge in [0.15, 0.2) is 0 Å². The topological polar surface area (TPSA) is 149 Å². The molecule has 1 rings (SSSR count). The fourth-order valence-electron chi connectivity index (χ4n) is 0.999. The maximum atomic E-state index is 10.5. The fraction of sp³-hybridized carbons (Fsp3) is 0.0667. The maximum absolute atomic E-state index is 10.5. The summed E-state index contributed by atoms with van der Waals surface area (Å²) in [7, 11) is 0. The number of carboxylic acid groups (broad SMARTS) is 4. The van der Waals surface area contributed by atoms with Gasteiger partial charge in [-0.1, -0.05) is 18.2 Å². The number of hydrogen-bond acceptors (Lipinski definition) is 4. The zero-order valence-electron chi connectivity index (χ0n) is 12.2. The molecule has 0 spiro atoms. The zero-order valence-corrected chi connectivity index (χ0v) is 12.2. The molecule has 0 unspecified atom stereocenters. The SMILES string of the molecule is C=CC.O=C(O)C=CC(=O)O.O=C(O)c1ccccc1C(=O)O. The Morgan fingerprint density at radius 2 is 1.09 bits per heavy atom. The summed E-state index contributed by atoms with van der Waals surface area (Å²) in [5.41, 5.74) is -0.380. The molecule has 1 aromatic carbocycles. The normalized spacial score (nSPS) is 8.74. The number of hydrogen-bond donors (Lipinski definition) is 4. The van der Waals surface area contributed by atoms with Crippen molar-refractivity contribution in [3.63, 3.8) is 0 Å². The number of carboxylic acids is 4. The Labute approximate surface area is 131 Å². The lowest BCUT2D eigenvalue weighted by Gasteiger charge is -1.98. The molecule has 0 fully saturated rings. The molecule has 0 aliphatic carbocycles. The van der Waals surface area contributed by atoms with Crippen LogP contribution in [0.5, 0.6) is 0 Å². The minimum Gasteiger partial charge on any atom is -0.478 e. The van der Waals surface area contributed by atoms with Crippen molar-refractivity contribution < 1.29 is 39.6 Å². The Kier molecular flexibility index (Phi) is 11.7. The molecule has 8 nitrogen and oxygen atoms in total. The van der Waals surface area contributed by atoms with E-state index >= 15 is 0 Å². The lowest BCUT2D eigenvalue weighted by molar-refractivity contribution is -0.134. The summed E-state index contributed by atoms with van der Waals surface area (Å²) < 4.78 is 0. The van der Waals surface area contributed by atoms with E-state index in [1.807, 2.05) is 6.92 Å². The molecule has 0 aromatic heterocycles. The molecule has 0 heterocycles. The number of carbonyl (C=O) groups is 4. The molecule has 0 radical (unpaired) electrons. The summed E-state index contributed by atoms with van der Waals surface area (Å²) in [6.07, 6.45) is 2.87. The average Bonchev–Trinajstić information content (AvgIpc) is 2.46. The van der Waals surface area contributed by atoms with E-state index in [1.165, 1.54) is 24.3 Å². The highest BCUT2D eigenvalue weighted by molar-refractivity contribution is 6.01. The van der Waals surface area contributed by atoms with Crippen molar-refractivity contribution in [3.8, 4) is 0 Å². The van der Waals surface area contributed by atoms with Crippen LogP contribution in [0.1, 0.15) is 27.6 Å². The van der Waals surface area contributed by atoms with Gasteiger partial charge in [0.1, 0.15) is 0 Å². The molecular formula is C15H16O8. The van der Waals surface area contributed by atoms with E-state index in [-0.39, 0.29) is 11.1 Å². The van der Waals surface area contributed by atoms with Crippen LogP contribution in [0, 0.1) is 0 Å². The number of aromatic carboxylic acids is 2. The molecule has 124 valence electrons. The second kappa shape index (κ2) is 12.3. The smallest absolute Gasteiger partial charge is 0.336 e. The van der Waals surface area contributed by atoms with Crippen LogP contribution >= 0.6 is 0 Å². The van der Waals surface area contributed by atoms with Crippen LogP contribution in [0.25, 0.3) is 0 Å². The van der Waals surface area contributed by atoms with Crippen LogP contribution in [0.15, 0.2) is 49.1 Å².